The number of hydrogen-bond donors (Lipinski definition) is 2. The molecule has 0 radical (unpaired) electrons. The van der Waals surface area contributed by atoms with Gasteiger partial charge in [-0.15, -0.1) is 11.8 Å². The fourth-order valence-corrected chi connectivity index (χ4v) is 6.69. The first-order valence-corrected chi connectivity index (χ1v) is 12.6. The third-order valence-electron chi connectivity index (χ3n) is 6.28. The van der Waals surface area contributed by atoms with Gasteiger partial charge in [0.25, 0.3) is 0 Å². The number of likely N-dealkylation sites (tertiary alicyclic amines) is 1. The van der Waals surface area contributed by atoms with Crippen LogP contribution in [0.4, 0.5) is 4.79 Å². The molecule has 6 heteroatoms. The van der Waals surface area contributed by atoms with Crippen LogP contribution >= 0.6 is 11.8 Å². The summed E-state index contributed by atoms with van der Waals surface area (Å²) in [7, 11) is 0. The first-order chi connectivity index (χ1) is 17.0. The number of amides is 1. The molecule has 1 heterocycles. The van der Waals surface area contributed by atoms with E-state index in [-0.39, 0.29) is 29.8 Å². The van der Waals surface area contributed by atoms with E-state index in [1.54, 1.807) is 11.0 Å². The van der Waals surface area contributed by atoms with Gasteiger partial charge in [-0.2, -0.15) is 0 Å². The standard InChI is InChI=1S/C29H31N3O2S/c1-2-18-34-28(33)32-21-26(19-25(32)20-27(30)31)35-29(22-12-6-3-7-13-22,23-14-8-4-9-15-23)24-16-10-5-11-17-24/h2-17,25-26H,1,18-21H2,(H3,30,31). The maximum Gasteiger partial charge on any atom is 0.410 e. The molecule has 1 aliphatic rings. The van der Waals surface area contributed by atoms with Crippen LogP contribution in [0.15, 0.2) is 104 Å². The van der Waals surface area contributed by atoms with E-state index in [2.05, 4.69) is 79.4 Å². The third kappa shape index (κ3) is 5.43. The summed E-state index contributed by atoms with van der Waals surface area (Å²) < 4.78 is 4.89. The lowest BCUT2D eigenvalue weighted by Crippen LogP contribution is -2.38. The van der Waals surface area contributed by atoms with Crippen molar-refractivity contribution >= 4 is 23.7 Å². The Balaban J connectivity index is 1.77. The maximum absolute atomic E-state index is 12.9. The van der Waals surface area contributed by atoms with E-state index in [1.807, 2.05) is 30.0 Å². The van der Waals surface area contributed by atoms with Gasteiger partial charge in [-0.25, -0.2) is 4.79 Å². The number of thioether (sulfide) groups is 1. The van der Waals surface area contributed by atoms with Crippen LogP contribution in [-0.2, 0) is 9.48 Å². The molecule has 35 heavy (non-hydrogen) atoms. The van der Waals surface area contributed by atoms with Gasteiger partial charge in [-0.05, 0) is 23.1 Å². The number of carbonyl (C=O) groups is 1. The zero-order chi connectivity index (χ0) is 24.7. The monoisotopic (exact) mass is 485 g/mol. The minimum Gasteiger partial charge on any atom is -0.445 e. The molecular weight excluding hydrogens is 454 g/mol. The average Bonchev–Trinajstić information content (AvgIpc) is 3.28. The minimum absolute atomic E-state index is 0.0719. The van der Waals surface area contributed by atoms with Gasteiger partial charge in [-0.3, -0.25) is 5.41 Å². The molecule has 1 saturated heterocycles. The number of ether oxygens (including phenoxy) is 1. The Morgan fingerprint density at radius 1 is 1.00 bits per heavy atom. The fraction of sp³-hybridized carbons (Fsp3) is 0.241. The number of nitrogens with one attached hydrogen (secondary N) is 1. The highest BCUT2D eigenvalue weighted by Gasteiger charge is 2.44. The van der Waals surface area contributed by atoms with Crippen molar-refractivity contribution in [2.45, 2.75) is 28.9 Å². The van der Waals surface area contributed by atoms with E-state index in [1.165, 1.54) is 16.7 Å². The van der Waals surface area contributed by atoms with Gasteiger partial charge >= 0.3 is 6.09 Å². The first-order valence-electron chi connectivity index (χ1n) is 11.8. The Morgan fingerprint density at radius 2 is 1.49 bits per heavy atom. The van der Waals surface area contributed by atoms with Crippen molar-refractivity contribution in [2.24, 2.45) is 5.73 Å². The molecular formula is C29H31N3O2S. The van der Waals surface area contributed by atoms with E-state index >= 15 is 0 Å². The molecule has 0 saturated carbocycles. The lowest BCUT2D eigenvalue weighted by molar-refractivity contribution is 0.109. The molecule has 1 fully saturated rings. The number of carbonyl (C=O) groups excluding carboxylic acids is 1. The van der Waals surface area contributed by atoms with Crippen LogP contribution in [0.1, 0.15) is 29.5 Å². The largest absolute Gasteiger partial charge is 0.445 e. The Kier molecular flexibility index (Phi) is 7.93. The number of nitrogens with two attached hydrogens (primary N) is 1. The predicted octanol–water partition coefficient (Wildman–Crippen LogP) is 5.80. The molecule has 3 N–H and O–H groups in total. The summed E-state index contributed by atoms with van der Waals surface area (Å²) in [6.07, 6.45) is 2.23. The van der Waals surface area contributed by atoms with Gasteiger partial charge in [0.2, 0.25) is 0 Å². The van der Waals surface area contributed by atoms with Crippen molar-refractivity contribution in [1.82, 2.24) is 4.90 Å². The number of benzene rings is 3. The van der Waals surface area contributed by atoms with Crippen LogP contribution in [0.25, 0.3) is 0 Å². The van der Waals surface area contributed by atoms with Crippen LogP contribution in [-0.4, -0.2) is 41.3 Å². The molecule has 0 bridgehead atoms. The highest BCUT2D eigenvalue weighted by atomic mass is 32.2. The molecule has 3 aromatic carbocycles. The highest BCUT2D eigenvalue weighted by Crippen LogP contribution is 2.52. The van der Waals surface area contributed by atoms with E-state index in [9.17, 15) is 4.79 Å². The van der Waals surface area contributed by atoms with Crippen LogP contribution in [0, 0.1) is 5.41 Å². The Morgan fingerprint density at radius 3 is 1.91 bits per heavy atom. The molecule has 3 aromatic rings. The summed E-state index contributed by atoms with van der Waals surface area (Å²) >= 11 is 1.85. The van der Waals surface area contributed by atoms with Crippen molar-refractivity contribution < 1.29 is 9.53 Å². The smallest absolute Gasteiger partial charge is 0.410 e. The number of rotatable bonds is 9. The predicted molar refractivity (Wildman–Crippen MR) is 144 cm³/mol. The molecule has 4 rings (SSSR count). The van der Waals surface area contributed by atoms with Crippen molar-refractivity contribution in [3.8, 4) is 0 Å². The van der Waals surface area contributed by atoms with Gasteiger partial charge in [0, 0.05) is 24.3 Å². The van der Waals surface area contributed by atoms with Crippen molar-refractivity contribution in [1.29, 1.82) is 5.41 Å². The zero-order valence-electron chi connectivity index (χ0n) is 19.7. The number of nitrogens with zero attached hydrogens (tertiary/aromatic N) is 1. The van der Waals surface area contributed by atoms with Gasteiger partial charge < -0.3 is 15.4 Å². The number of hydrogen-bond acceptors (Lipinski definition) is 4. The van der Waals surface area contributed by atoms with Gasteiger partial charge in [-0.1, -0.05) is 104 Å². The minimum atomic E-state index is -0.476. The second kappa shape index (κ2) is 11.3. The Labute approximate surface area is 211 Å². The highest BCUT2D eigenvalue weighted by molar-refractivity contribution is 8.01. The summed E-state index contributed by atoms with van der Waals surface area (Å²) in [4.78, 5) is 14.6. The van der Waals surface area contributed by atoms with E-state index in [0.717, 1.165) is 6.42 Å². The van der Waals surface area contributed by atoms with E-state index in [4.69, 9.17) is 15.9 Å². The fourth-order valence-electron chi connectivity index (χ4n) is 4.82. The maximum atomic E-state index is 12.9. The lowest BCUT2D eigenvalue weighted by atomic mass is 9.84. The van der Waals surface area contributed by atoms with Gasteiger partial charge in [0.1, 0.15) is 6.61 Å². The molecule has 0 aromatic heterocycles. The van der Waals surface area contributed by atoms with Gasteiger partial charge in [0.05, 0.1) is 10.6 Å². The topological polar surface area (TPSA) is 79.4 Å². The van der Waals surface area contributed by atoms with Gasteiger partial charge in [0.15, 0.2) is 0 Å². The van der Waals surface area contributed by atoms with Crippen molar-refractivity contribution in [3.63, 3.8) is 0 Å². The molecule has 1 amide bonds. The summed E-state index contributed by atoms with van der Waals surface area (Å²) in [5.41, 5.74) is 9.30. The normalized spacial score (nSPS) is 17.7. The van der Waals surface area contributed by atoms with Crippen LogP contribution in [0.3, 0.4) is 0 Å². The summed E-state index contributed by atoms with van der Waals surface area (Å²) in [6.45, 7) is 4.31. The lowest BCUT2D eigenvalue weighted by Gasteiger charge is -2.37. The number of amidine groups is 1. The summed E-state index contributed by atoms with van der Waals surface area (Å²) in [6, 6.07) is 31.4. The molecule has 0 spiro atoms. The van der Waals surface area contributed by atoms with Crippen LogP contribution < -0.4 is 5.73 Å². The van der Waals surface area contributed by atoms with Crippen molar-refractivity contribution in [3.05, 3.63) is 120 Å². The Bertz CT molecular complexity index is 1040. The van der Waals surface area contributed by atoms with E-state index in [0.29, 0.717) is 13.0 Å². The SMILES string of the molecule is C=CCOC(=O)N1CC(SC(c2ccccc2)(c2ccccc2)c2ccccc2)CC1CC(=N)N. The molecule has 2 unspecified atom stereocenters. The second-order valence-electron chi connectivity index (χ2n) is 8.66. The van der Waals surface area contributed by atoms with Crippen LogP contribution in [0.5, 0.6) is 0 Å². The molecule has 180 valence electrons. The average molecular weight is 486 g/mol. The molecule has 5 nitrogen and oxygen atoms in total. The quantitative estimate of drug-likeness (QED) is 0.174. The zero-order valence-corrected chi connectivity index (χ0v) is 20.5. The molecule has 1 aliphatic heterocycles. The van der Waals surface area contributed by atoms with Crippen LogP contribution in [0.2, 0.25) is 0 Å². The first kappa shape index (κ1) is 24.6. The third-order valence-corrected chi connectivity index (χ3v) is 8.01. The van der Waals surface area contributed by atoms with E-state index < -0.39 is 4.75 Å². The molecule has 2 atom stereocenters. The molecule has 0 aliphatic carbocycles. The summed E-state index contributed by atoms with van der Waals surface area (Å²) in [5.74, 6) is 0.0719. The second-order valence-corrected chi connectivity index (χ2v) is 10.2. The summed E-state index contributed by atoms with van der Waals surface area (Å²) in [5, 5.41) is 7.96. The van der Waals surface area contributed by atoms with Crippen molar-refractivity contribution in [2.75, 3.05) is 13.2 Å². The Hall–Kier alpha value is -3.51.